The molecule has 1 amide bonds. The number of hydrogen-bond donors (Lipinski definition) is 1. The molecule has 1 aromatic carbocycles. The largest absolute Gasteiger partial charge is 0.439 e. The Hall–Kier alpha value is -1.41. The van der Waals surface area contributed by atoms with Gasteiger partial charge in [-0.2, -0.15) is 23.3 Å². The molecule has 0 unspecified atom stereocenters. The molecular formula is C20H24BrF3N2O2. The van der Waals surface area contributed by atoms with Crippen LogP contribution in [-0.4, -0.2) is 33.6 Å². The minimum atomic E-state index is -5.03. The van der Waals surface area contributed by atoms with E-state index in [1.54, 1.807) is 18.2 Å². The summed E-state index contributed by atoms with van der Waals surface area (Å²) in [7, 11) is 0. The summed E-state index contributed by atoms with van der Waals surface area (Å²) >= 11 is 3.19. The summed E-state index contributed by atoms with van der Waals surface area (Å²) in [6.45, 7) is 6.08. The van der Waals surface area contributed by atoms with Crippen LogP contribution in [0.15, 0.2) is 33.8 Å². The van der Waals surface area contributed by atoms with Gasteiger partial charge in [-0.3, -0.25) is 4.79 Å². The highest BCUT2D eigenvalue weighted by molar-refractivity contribution is 9.10. The second-order valence-corrected chi connectivity index (χ2v) is 9.13. The van der Waals surface area contributed by atoms with Gasteiger partial charge in [-0.25, -0.2) is 0 Å². The second-order valence-electron chi connectivity index (χ2n) is 8.28. The maximum Gasteiger partial charge on any atom is 0.439 e. The molecule has 1 N–H and O–H groups in total. The summed E-state index contributed by atoms with van der Waals surface area (Å²) < 4.78 is 42.7. The average molecular weight is 461 g/mol. The molecule has 28 heavy (non-hydrogen) atoms. The highest BCUT2D eigenvalue weighted by Crippen LogP contribution is 2.52. The normalized spacial score (nSPS) is 28.1. The summed E-state index contributed by atoms with van der Waals surface area (Å²) in [4.78, 5) is 12.9. The molecule has 2 aliphatic rings. The Morgan fingerprint density at radius 2 is 2.00 bits per heavy atom. The van der Waals surface area contributed by atoms with Crippen molar-refractivity contribution in [2.45, 2.75) is 58.4 Å². The van der Waals surface area contributed by atoms with Crippen LogP contribution in [0.25, 0.3) is 0 Å². The van der Waals surface area contributed by atoms with Crippen molar-refractivity contribution >= 4 is 27.5 Å². The van der Waals surface area contributed by atoms with E-state index in [9.17, 15) is 23.1 Å². The van der Waals surface area contributed by atoms with E-state index in [0.29, 0.717) is 17.3 Å². The average Bonchev–Trinajstić information content (AvgIpc) is 2.95. The standard InChI is InChI=1S/C20H24BrF3N2O2/c1-4-18(2,3)12-9-10-16-14(11-12)19(28,20(22,23)24)26(25-16)17(27)13-7-5-6-8-15(13)21/h5-8,12,14,28H,4,9-11H2,1-3H3/t12-,14+,19+/m1/s1. The third-order valence-corrected chi connectivity index (χ3v) is 7.13. The van der Waals surface area contributed by atoms with Gasteiger partial charge in [0.05, 0.1) is 11.5 Å². The van der Waals surface area contributed by atoms with E-state index in [0.717, 1.165) is 6.42 Å². The molecule has 4 nitrogen and oxygen atoms in total. The van der Waals surface area contributed by atoms with Gasteiger partial charge >= 0.3 is 6.18 Å². The fourth-order valence-electron chi connectivity index (χ4n) is 4.17. The number of carbonyl (C=O) groups is 1. The van der Waals surface area contributed by atoms with Crippen molar-refractivity contribution in [3.8, 4) is 0 Å². The molecule has 0 radical (unpaired) electrons. The van der Waals surface area contributed by atoms with Crippen LogP contribution < -0.4 is 0 Å². The smallest absolute Gasteiger partial charge is 0.362 e. The van der Waals surface area contributed by atoms with E-state index in [2.05, 4.69) is 21.0 Å². The molecule has 3 atom stereocenters. The van der Waals surface area contributed by atoms with Gasteiger partial charge in [0.2, 0.25) is 0 Å². The van der Waals surface area contributed by atoms with Crippen LogP contribution in [0.3, 0.4) is 0 Å². The number of alkyl halides is 3. The molecule has 1 aromatic rings. The van der Waals surface area contributed by atoms with E-state index in [-0.39, 0.29) is 34.0 Å². The minimum absolute atomic E-state index is 0.00818. The van der Waals surface area contributed by atoms with Gasteiger partial charge in [-0.1, -0.05) is 39.3 Å². The maximum absolute atomic E-state index is 14.1. The first kappa shape index (κ1) is 21.3. The summed E-state index contributed by atoms with van der Waals surface area (Å²) in [5.74, 6) is -2.21. The predicted octanol–water partition coefficient (Wildman–Crippen LogP) is 5.36. The summed E-state index contributed by atoms with van der Waals surface area (Å²) in [5.41, 5.74) is -3.21. The Kier molecular flexibility index (Phi) is 5.42. The zero-order valence-corrected chi connectivity index (χ0v) is 17.6. The molecule has 154 valence electrons. The number of halogens is 4. The summed E-state index contributed by atoms with van der Waals surface area (Å²) in [5, 5.41) is 15.2. The van der Waals surface area contributed by atoms with Gasteiger partial charge in [0.25, 0.3) is 11.6 Å². The fourth-order valence-corrected chi connectivity index (χ4v) is 4.62. The van der Waals surface area contributed by atoms with Gasteiger partial charge in [-0.05, 0) is 58.7 Å². The third-order valence-electron chi connectivity index (χ3n) is 6.44. The lowest BCUT2D eigenvalue weighted by Crippen LogP contribution is -2.62. The number of aliphatic hydroxyl groups is 1. The first-order chi connectivity index (χ1) is 12.9. The van der Waals surface area contributed by atoms with Crippen molar-refractivity contribution in [3.63, 3.8) is 0 Å². The summed E-state index contributed by atoms with van der Waals surface area (Å²) in [6.07, 6.45) is -3.02. The SMILES string of the molecule is CCC(C)(C)[C@@H]1CCC2=NN(C(=O)c3ccccc3Br)[C@@](O)(C(F)(F)F)[C@H]2C1. The van der Waals surface area contributed by atoms with E-state index in [4.69, 9.17) is 0 Å². The van der Waals surface area contributed by atoms with Gasteiger partial charge in [0.1, 0.15) is 0 Å². The Labute approximate surface area is 170 Å². The van der Waals surface area contributed by atoms with E-state index >= 15 is 0 Å². The molecule has 1 aliphatic carbocycles. The van der Waals surface area contributed by atoms with Crippen molar-refractivity contribution in [2.24, 2.45) is 22.4 Å². The van der Waals surface area contributed by atoms with Gasteiger partial charge in [0, 0.05) is 10.2 Å². The van der Waals surface area contributed by atoms with Crippen LogP contribution in [0, 0.1) is 17.3 Å². The molecule has 0 saturated heterocycles. The third kappa shape index (κ3) is 3.28. The molecule has 1 saturated carbocycles. The Morgan fingerprint density at radius 1 is 1.36 bits per heavy atom. The zero-order valence-electron chi connectivity index (χ0n) is 16.1. The fraction of sp³-hybridized carbons (Fsp3) is 0.600. The lowest BCUT2D eigenvalue weighted by Gasteiger charge is -2.43. The molecule has 1 fully saturated rings. The number of rotatable bonds is 3. The first-order valence-corrected chi connectivity index (χ1v) is 10.2. The van der Waals surface area contributed by atoms with Crippen LogP contribution in [0.2, 0.25) is 0 Å². The quantitative estimate of drug-likeness (QED) is 0.659. The van der Waals surface area contributed by atoms with Crippen LogP contribution >= 0.6 is 15.9 Å². The van der Waals surface area contributed by atoms with Crippen LogP contribution in [0.4, 0.5) is 13.2 Å². The topological polar surface area (TPSA) is 52.9 Å². The van der Waals surface area contributed by atoms with Crippen molar-refractivity contribution in [2.75, 3.05) is 0 Å². The zero-order chi connectivity index (χ0) is 20.9. The number of hydrogen-bond acceptors (Lipinski definition) is 3. The maximum atomic E-state index is 14.1. The number of nitrogens with zero attached hydrogens (tertiary/aromatic N) is 2. The predicted molar refractivity (Wildman–Crippen MR) is 104 cm³/mol. The van der Waals surface area contributed by atoms with Gasteiger partial charge < -0.3 is 5.11 Å². The molecular weight excluding hydrogens is 437 g/mol. The van der Waals surface area contributed by atoms with Crippen LogP contribution in [-0.2, 0) is 0 Å². The highest BCUT2D eigenvalue weighted by Gasteiger charge is 2.69. The van der Waals surface area contributed by atoms with Crippen molar-refractivity contribution in [1.29, 1.82) is 0 Å². The van der Waals surface area contributed by atoms with Crippen molar-refractivity contribution < 1.29 is 23.1 Å². The molecule has 1 aliphatic heterocycles. The lowest BCUT2D eigenvalue weighted by molar-refractivity contribution is -0.314. The Bertz CT molecular complexity index is 809. The molecule has 3 rings (SSSR count). The number of hydrazone groups is 1. The van der Waals surface area contributed by atoms with Crippen LogP contribution in [0.5, 0.6) is 0 Å². The Morgan fingerprint density at radius 3 is 2.57 bits per heavy atom. The lowest BCUT2D eigenvalue weighted by atomic mass is 9.64. The van der Waals surface area contributed by atoms with Gasteiger partial charge in [-0.15, -0.1) is 0 Å². The van der Waals surface area contributed by atoms with Gasteiger partial charge in [0.15, 0.2) is 0 Å². The molecule has 0 aromatic heterocycles. The van der Waals surface area contributed by atoms with Crippen molar-refractivity contribution in [1.82, 2.24) is 5.01 Å². The number of benzene rings is 1. The second kappa shape index (κ2) is 7.13. The highest BCUT2D eigenvalue weighted by atomic mass is 79.9. The monoisotopic (exact) mass is 460 g/mol. The van der Waals surface area contributed by atoms with Crippen molar-refractivity contribution in [3.05, 3.63) is 34.3 Å². The Balaban J connectivity index is 2.03. The van der Waals surface area contributed by atoms with E-state index in [1.165, 1.54) is 6.07 Å². The number of amides is 1. The summed E-state index contributed by atoms with van der Waals surface area (Å²) in [6, 6.07) is 6.19. The first-order valence-electron chi connectivity index (χ1n) is 9.39. The molecule has 1 heterocycles. The molecule has 0 bridgehead atoms. The minimum Gasteiger partial charge on any atom is -0.362 e. The number of fused-ring (bicyclic) bond motifs is 1. The van der Waals surface area contributed by atoms with E-state index in [1.807, 2.05) is 20.8 Å². The van der Waals surface area contributed by atoms with E-state index < -0.39 is 23.7 Å². The molecule has 0 spiro atoms. The number of carbonyl (C=O) groups excluding carboxylic acids is 1. The van der Waals surface area contributed by atoms with Crippen LogP contribution in [0.1, 0.15) is 56.8 Å². The molecule has 8 heteroatoms.